The number of carbonyl (C=O) groups excluding carboxylic acids is 2. The van der Waals surface area contributed by atoms with Crippen LogP contribution in [0.5, 0.6) is 0 Å². The topological polar surface area (TPSA) is 174 Å². The van der Waals surface area contributed by atoms with Crippen molar-refractivity contribution >= 4 is 41.3 Å². The Labute approximate surface area is 171 Å². The molecular weight excluding hydrogens is 424 g/mol. The van der Waals surface area contributed by atoms with Gasteiger partial charge in [-0.2, -0.15) is 0 Å². The maximum Gasteiger partial charge on any atom is 0.353 e. The Morgan fingerprint density at radius 3 is 2.66 bits per heavy atom. The quantitative estimate of drug-likeness (QED) is 0.523. The van der Waals surface area contributed by atoms with E-state index in [2.05, 4.69) is 36.4 Å². The summed E-state index contributed by atoms with van der Waals surface area (Å²) in [5.41, 5.74) is -0.243. The van der Waals surface area contributed by atoms with Crippen LogP contribution in [-0.2, 0) is 21.4 Å². The Morgan fingerprint density at radius 1 is 1.34 bits per heavy atom. The third-order valence-electron chi connectivity index (χ3n) is 4.30. The molecule has 2 N–H and O–H groups in total. The molecule has 1 saturated heterocycles. The van der Waals surface area contributed by atoms with Gasteiger partial charge in [-0.25, -0.2) is 14.2 Å². The number of hydrogen-bond donors (Lipinski definition) is 2. The molecule has 1 fully saturated rings. The third kappa shape index (κ3) is 3.03. The lowest BCUT2D eigenvalue weighted by Crippen LogP contribution is -2.65. The second kappa shape index (κ2) is 6.80. The van der Waals surface area contributed by atoms with E-state index >= 15 is 0 Å². The summed E-state index contributed by atoms with van der Waals surface area (Å²) in [7, 11) is 1.60. The van der Waals surface area contributed by atoms with Gasteiger partial charge in [-0.05, 0) is 39.5 Å². The summed E-state index contributed by atoms with van der Waals surface area (Å²) in [5.74, 6) is -2.14. The monoisotopic (exact) mass is 438 g/mol. The zero-order chi connectivity index (χ0) is 20.9. The van der Waals surface area contributed by atoms with E-state index < -0.39 is 28.2 Å². The van der Waals surface area contributed by atoms with Crippen LogP contribution in [0, 0.1) is 0 Å². The predicted octanol–water partition coefficient (Wildman–Crippen LogP) is -1.41. The fraction of sp³-hybridized carbons (Fsp3) is 0.462. The van der Waals surface area contributed by atoms with Crippen molar-refractivity contribution in [2.45, 2.75) is 35.3 Å². The highest BCUT2D eigenvalue weighted by Gasteiger charge is 2.60. The molecule has 0 radical (unpaired) electrons. The summed E-state index contributed by atoms with van der Waals surface area (Å²) in [6.45, 7) is 3.00. The number of nitrogens with one attached hydrogen (secondary N) is 1. The van der Waals surface area contributed by atoms with Crippen LogP contribution in [0.15, 0.2) is 22.1 Å². The summed E-state index contributed by atoms with van der Waals surface area (Å²) in [4.78, 5) is 37.2. The van der Waals surface area contributed by atoms with Gasteiger partial charge in [-0.15, -0.1) is 22.0 Å². The van der Waals surface area contributed by atoms with Crippen LogP contribution in [0.4, 0.5) is 0 Å². The van der Waals surface area contributed by atoms with E-state index in [9.17, 15) is 19.5 Å². The highest BCUT2D eigenvalue weighted by atomic mass is 32.2. The lowest BCUT2D eigenvalue weighted by Gasteiger charge is -2.53. The molecule has 0 bridgehead atoms. The number of β-lactam (4-membered cyclic amide) rings is 1. The molecule has 0 saturated carbocycles. The van der Waals surface area contributed by atoms with E-state index in [-0.39, 0.29) is 16.5 Å². The summed E-state index contributed by atoms with van der Waals surface area (Å²) >= 11 is 2.19. The molecule has 14 nitrogen and oxygen atoms in total. The molecule has 152 valence electrons. The van der Waals surface area contributed by atoms with Crippen molar-refractivity contribution in [2.75, 3.05) is 0 Å². The van der Waals surface area contributed by atoms with Gasteiger partial charge >= 0.3 is 5.97 Å². The van der Waals surface area contributed by atoms with Gasteiger partial charge in [0.05, 0.1) is 4.91 Å². The van der Waals surface area contributed by atoms with Crippen LogP contribution >= 0.6 is 23.5 Å². The number of carboxylic acid groups (broad SMARTS) is 1. The van der Waals surface area contributed by atoms with E-state index in [1.807, 2.05) is 0 Å². The Morgan fingerprint density at radius 2 is 2.10 bits per heavy atom. The molecule has 2 aliphatic heterocycles. The van der Waals surface area contributed by atoms with Gasteiger partial charge in [0, 0.05) is 14.0 Å². The Balaban J connectivity index is 1.84. The minimum atomic E-state index is -1.31. The number of amides is 2. The average Bonchev–Trinajstić information content (AvgIpc) is 3.28. The molecule has 4 rings (SSSR count). The largest absolute Gasteiger partial charge is 0.477 e. The van der Waals surface area contributed by atoms with Crippen LogP contribution in [0.25, 0.3) is 0 Å². The first kappa shape index (κ1) is 19.3. The fourth-order valence-electron chi connectivity index (χ4n) is 3.14. The lowest BCUT2D eigenvalue weighted by molar-refractivity contribution is -0.151. The summed E-state index contributed by atoms with van der Waals surface area (Å²) in [6, 6.07) is -0.791. The molecule has 0 spiro atoms. The standard InChI is InChI=1S/C13H14N10O4S2/c1-5(24)15-13(2)8(28-12-16-18-19-21(12)3)6(11(26)27)23-9(25)7(10(23)29-13)22-4-14-17-20-22/h4,7,10H,1-3H3,(H,15,24)(H,26,27)/t7?,10-,13?/m1/s1. The number of thioether (sulfide) groups is 2. The third-order valence-corrected chi connectivity index (χ3v) is 7.25. The fourth-order valence-corrected chi connectivity index (χ4v) is 5.94. The number of fused-ring (bicyclic) bond motifs is 1. The van der Waals surface area contributed by atoms with Gasteiger partial charge < -0.3 is 10.4 Å². The second-order valence-electron chi connectivity index (χ2n) is 6.34. The van der Waals surface area contributed by atoms with E-state index in [1.165, 1.54) is 39.3 Å². The number of hydrogen-bond acceptors (Lipinski definition) is 11. The molecule has 0 aliphatic carbocycles. The first-order valence-electron chi connectivity index (χ1n) is 8.13. The summed E-state index contributed by atoms with van der Waals surface area (Å²) in [6.07, 6.45) is 1.29. The summed E-state index contributed by atoms with van der Waals surface area (Å²) in [5, 5.41) is 34.4. The van der Waals surface area contributed by atoms with Crippen molar-refractivity contribution in [3.05, 3.63) is 16.9 Å². The highest BCUT2D eigenvalue weighted by Crippen LogP contribution is 2.55. The number of aliphatic carboxylic acids is 1. The van der Waals surface area contributed by atoms with Crippen molar-refractivity contribution in [2.24, 2.45) is 7.05 Å². The maximum atomic E-state index is 12.8. The Hall–Kier alpha value is -3.01. The zero-order valence-electron chi connectivity index (χ0n) is 15.2. The molecule has 29 heavy (non-hydrogen) atoms. The van der Waals surface area contributed by atoms with Crippen LogP contribution in [0.1, 0.15) is 19.9 Å². The zero-order valence-corrected chi connectivity index (χ0v) is 16.9. The van der Waals surface area contributed by atoms with Gasteiger partial charge in [0.1, 0.15) is 22.3 Å². The number of aryl methyl sites for hydroxylation is 1. The molecular formula is C13H14N10O4S2. The van der Waals surface area contributed by atoms with Crippen LogP contribution < -0.4 is 5.32 Å². The van der Waals surface area contributed by atoms with Crippen molar-refractivity contribution in [1.82, 2.24) is 50.6 Å². The van der Waals surface area contributed by atoms with E-state index in [4.69, 9.17) is 0 Å². The summed E-state index contributed by atoms with van der Waals surface area (Å²) < 4.78 is 2.64. The molecule has 2 aliphatic rings. The molecule has 2 aromatic heterocycles. The first-order chi connectivity index (χ1) is 13.7. The van der Waals surface area contributed by atoms with Gasteiger partial charge in [-0.3, -0.25) is 14.5 Å². The molecule has 3 atom stereocenters. The average molecular weight is 438 g/mol. The van der Waals surface area contributed by atoms with Crippen molar-refractivity contribution in [3.8, 4) is 0 Å². The van der Waals surface area contributed by atoms with Crippen molar-refractivity contribution in [1.29, 1.82) is 0 Å². The molecule has 0 aromatic carbocycles. The first-order valence-corrected chi connectivity index (χ1v) is 9.83. The van der Waals surface area contributed by atoms with Gasteiger partial charge in [0.25, 0.3) is 5.91 Å². The lowest BCUT2D eigenvalue weighted by atomic mass is 10.0. The van der Waals surface area contributed by atoms with E-state index in [1.54, 1.807) is 14.0 Å². The molecule has 16 heteroatoms. The smallest absolute Gasteiger partial charge is 0.353 e. The number of tetrazole rings is 2. The van der Waals surface area contributed by atoms with Crippen LogP contribution in [-0.4, -0.2) is 78.4 Å². The normalized spacial score (nSPS) is 26.2. The number of carboxylic acids is 1. The molecule has 2 unspecified atom stereocenters. The molecule has 2 aromatic rings. The molecule has 4 heterocycles. The van der Waals surface area contributed by atoms with Crippen LogP contribution in [0.3, 0.4) is 0 Å². The number of aromatic nitrogens is 8. The van der Waals surface area contributed by atoms with E-state index in [0.717, 1.165) is 11.8 Å². The van der Waals surface area contributed by atoms with Gasteiger partial charge in [0.15, 0.2) is 6.04 Å². The van der Waals surface area contributed by atoms with Crippen molar-refractivity contribution in [3.63, 3.8) is 0 Å². The second-order valence-corrected chi connectivity index (χ2v) is 8.85. The SMILES string of the molecule is CC(=O)NC1(C)S[C@@H]2C(n3cnnn3)C(=O)N2C(C(=O)O)=C1Sc1nnnn1C. The number of rotatable bonds is 5. The highest BCUT2D eigenvalue weighted by molar-refractivity contribution is 8.07. The predicted molar refractivity (Wildman–Crippen MR) is 96.6 cm³/mol. The van der Waals surface area contributed by atoms with Gasteiger partial charge in [-0.1, -0.05) is 0 Å². The number of nitrogens with zero attached hydrogens (tertiary/aromatic N) is 9. The Kier molecular flexibility index (Phi) is 4.53. The van der Waals surface area contributed by atoms with Gasteiger partial charge in [0.2, 0.25) is 11.1 Å². The van der Waals surface area contributed by atoms with E-state index in [0.29, 0.717) is 5.16 Å². The molecule has 2 amide bonds. The van der Waals surface area contributed by atoms with Crippen molar-refractivity contribution < 1.29 is 19.5 Å². The number of carbonyl (C=O) groups is 3. The Bertz CT molecular complexity index is 1040. The minimum absolute atomic E-state index is 0.225. The minimum Gasteiger partial charge on any atom is -0.477 e. The maximum absolute atomic E-state index is 12.8. The van der Waals surface area contributed by atoms with Crippen LogP contribution in [0.2, 0.25) is 0 Å².